The van der Waals surface area contributed by atoms with E-state index in [1.807, 2.05) is 26.8 Å². The van der Waals surface area contributed by atoms with Crippen LogP contribution in [0, 0.1) is 0 Å². The molecule has 0 radical (unpaired) electrons. The number of ether oxygens (including phenoxy) is 1. The van der Waals surface area contributed by atoms with Gasteiger partial charge >= 0.3 is 12.1 Å². The highest BCUT2D eigenvalue weighted by molar-refractivity contribution is 7.14. The molecule has 1 aliphatic rings. The lowest BCUT2D eigenvalue weighted by atomic mass is 10.2. The van der Waals surface area contributed by atoms with Crippen LogP contribution in [0.5, 0.6) is 0 Å². The molecule has 1 fully saturated rings. The lowest BCUT2D eigenvalue weighted by molar-refractivity contribution is -0.587. The quantitative estimate of drug-likeness (QED) is 0.887. The van der Waals surface area contributed by atoms with E-state index in [4.69, 9.17) is 9.84 Å². The highest BCUT2D eigenvalue weighted by atomic mass is 32.1. The van der Waals surface area contributed by atoms with Crippen LogP contribution in [0.15, 0.2) is 12.1 Å². The summed E-state index contributed by atoms with van der Waals surface area (Å²) in [6, 6.07) is 3.63. The Hall–Kier alpha value is -1.40. The van der Waals surface area contributed by atoms with Gasteiger partial charge in [-0.25, -0.2) is 10.1 Å². The van der Waals surface area contributed by atoms with Crippen LogP contribution in [0.3, 0.4) is 0 Å². The number of carbonyl (C=O) groups is 2. The van der Waals surface area contributed by atoms with Crippen LogP contribution in [0.4, 0.5) is 4.79 Å². The largest absolute Gasteiger partial charge is 0.513 e. The monoisotopic (exact) mass is 284 g/mol. The Morgan fingerprint density at radius 3 is 2.63 bits per heavy atom. The maximum Gasteiger partial charge on any atom is 0.513 e. The van der Waals surface area contributed by atoms with Gasteiger partial charge in [0.2, 0.25) is 0 Å². The number of nitrogens with two attached hydrogens (primary N) is 1. The second-order valence-electron chi connectivity index (χ2n) is 5.71. The molecule has 2 unspecified atom stereocenters. The van der Waals surface area contributed by atoms with Crippen LogP contribution < -0.4 is 5.32 Å². The maximum absolute atomic E-state index is 11.6. The third kappa shape index (κ3) is 3.78. The summed E-state index contributed by atoms with van der Waals surface area (Å²) < 4.78 is 5.23. The molecule has 1 heterocycles. The highest BCUT2D eigenvalue weighted by Crippen LogP contribution is 2.41. The molecular weight excluding hydrogens is 266 g/mol. The van der Waals surface area contributed by atoms with E-state index in [0.29, 0.717) is 4.88 Å². The molecule has 6 heteroatoms. The number of carboxylic acids is 1. The molecule has 104 valence electrons. The van der Waals surface area contributed by atoms with Gasteiger partial charge in [0.15, 0.2) is 0 Å². The molecule has 1 aromatic rings. The lowest BCUT2D eigenvalue weighted by Gasteiger charge is -2.16. The number of thiophene rings is 1. The van der Waals surface area contributed by atoms with Gasteiger partial charge in [-0.1, -0.05) is 0 Å². The van der Waals surface area contributed by atoms with E-state index in [-0.39, 0.29) is 18.1 Å². The van der Waals surface area contributed by atoms with Gasteiger partial charge in [-0.3, -0.25) is 0 Å². The number of rotatable bonds is 3. The molecule has 0 aliphatic heterocycles. The van der Waals surface area contributed by atoms with E-state index in [0.717, 1.165) is 11.3 Å². The maximum atomic E-state index is 11.6. The average molecular weight is 284 g/mol. The van der Waals surface area contributed by atoms with E-state index in [1.165, 1.54) is 11.3 Å². The topological polar surface area (TPSA) is 80.2 Å². The molecule has 0 spiro atoms. The Morgan fingerprint density at radius 2 is 2.11 bits per heavy atom. The zero-order chi connectivity index (χ0) is 14.2. The van der Waals surface area contributed by atoms with Crippen molar-refractivity contribution in [2.45, 2.75) is 44.8 Å². The summed E-state index contributed by atoms with van der Waals surface area (Å²) >= 11 is 1.28. The van der Waals surface area contributed by atoms with Crippen molar-refractivity contribution in [1.82, 2.24) is 0 Å². The fourth-order valence-electron chi connectivity index (χ4n) is 1.90. The fourth-order valence-corrected chi connectivity index (χ4v) is 2.94. The average Bonchev–Trinajstić information content (AvgIpc) is 2.82. The summed E-state index contributed by atoms with van der Waals surface area (Å²) in [4.78, 5) is 23.8. The van der Waals surface area contributed by atoms with Gasteiger partial charge in [-0.15, -0.1) is 11.3 Å². The van der Waals surface area contributed by atoms with Crippen molar-refractivity contribution in [3.8, 4) is 0 Å². The van der Waals surface area contributed by atoms with Crippen LogP contribution >= 0.6 is 11.3 Å². The normalized spacial score (nSPS) is 22.1. The Balaban J connectivity index is 1.87. The Labute approximate surface area is 115 Å². The summed E-state index contributed by atoms with van der Waals surface area (Å²) in [6.45, 7) is 5.50. The molecule has 1 saturated carbocycles. The first-order chi connectivity index (χ1) is 8.76. The number of hydrogen-bond acceptors (Lipinski definition) is 4. The minimum atomic E-state index is -0.899. The van der Waals surface area contributed by atoms with E-state index in [2.05, 4.69) is 0 Å². The van der Waals surface area contributed by atoms with Crippen molar-refractivity contribution in [3.05, 3.63) is 21.9 Å². The van der Waals surface area contributed by atoms with Crippen LogP contribution in [0.25, 0.3) is 0 Å². The van der Waals surface area contributed by atoms with Crippen molar-refractivity contribution < 1.29 is 24.7 Å². The van der Waals surface area contributed by atoms with E-state index in [1.54, 1.807) is 11.4 Å². The van der Waals surface area contributed by atoms with E-state index >= 15 is 0 Å². The summed E-state index contributed by atoms with van der Waals surface area (Å²) in [5.41, 5.74) is -0.475. The zero-order valence-electron chi connectivity index (χ0n) is 11.2. The molecular formula is C13H18NO4S+. The van der Waals surface area contributed by atoms with E-state index in [9.17, 15) is 9.59 Å². The first-order valence-electron chi connectivity index (χ1n) is 6.17. The highest BCUT2D eigenvalue weighted by Gasteiger charge is 2.45. The van der Waals surface area contributed by atoms with Gasteiger partial charge in [0.1, 0.15) is 16.5 Å². The number of quaternary nitrogens is 1. The minimum absolute atomic E-state index is 0.176. The predicted octanol–water partition coefficient (Wildman–Crippen LogP) is 1.80. The van der Waals surface area contributed by atoms with Gasteiger partial charge in [-0.2, -0.15) is 4.79 Å². The molecule has 5 nitrogen and oxygen atoms in total. The van der Waals surface area contributed by atoms with E-state index < -0.39 is 11.6 Å². The Kier molecular flexibility index (Phi) is 3.64. The fraction of sp³-hybridized carbons (Fsp3) is 0.538. The molecule has 0 bridgehead atoms. The lowest BCUT2D eigenvalue weighted by Crippen LogP contribution is -2.90. The molecule has 1 aromatic heterocycles. The first-order valence-corrected chi connectivity index (χ1v) is 6.99. The molecule has 0 aromatic carbocycles. The summed E-state index contributed by atoms with van der Waals surface area (Å²) in [5, 5.41) is 10.5. The smallest absolute Gasteiger partial charge is 0.477 e. The third-order valence-corrected chi connectivity index (χ3v) is 4.00. The second kappa shape index (κ2) is 4.94. The van der Waals surface area contributed by atoms with Gasteiger partial charge in [-0.05, 0) is 32.9 Å². The molecule has 0 saturated heterocycles. The van der Waals surface area contributed by atoms with Crippen LogP contribution in [-0.2, 0) is 4.74 Å². The summed E-state index contributed by atoms with van der Waals surface area (Å²) in [7, 11) is 0. The molecule has 1 aliphatic carbocycles. The van der Waals surface area contributed by atoms with Crippen LogP contribution in [0.1, 0.15) is 47.7 Å². The van der Waals surface area contributed by atoms with Crippen LogP contribution in [0.2, 0.25) is 0 Å². The SMILES string of the molecule is CC(C)(C)OC(=O)[NH2+]C1CC1c1ccc(C(=O)O)s1. The van der Waals surface area contributed by atoms with Crippen molar-refractivity contribution in [1.29, 1.82) is 0 Å². The first kappa shape index (κ1) is 14.0. The molecule has 1 amide bonds. The zero-order valence-corrected chi connectivity index (χ0v) is 12.0. The summed E-state index contributed by atoms with van der Waals surface area (Å²) in [5.74, 6) is -0.629. The van der Waals surface area contributed by atoms with Gasteiger partial charge in [0.25, 0.3) is 0 Å². The number of carboxylic acid groups (broad SMARTS) is 1. The standard InChI is InChI=1S/C13H17NO4S/c1-13(2,3)18-12(17)14-8-6-7(8)9-4-5-10(19-9)11(15)16/h4-5,7-8H,6H2,1-3H3,(H,14,17)(H,15,16)/p+1. The number of primary amides is 1. The van der Waals surface area contributed by atoms with Gasteiger partial charge in [0, 0.05) is 11.3 Å². The number of carbonyl (C=O) groups excluding carboxylic acids is 1. The second-order valence-corrected chi connectivity index (χ2v) is 6.83. The molecule has 19 heavy (non-hydrogen) atoms. The van der Waals surface area contributed by atoms with Crippen molar-refractivity contribution in [2.24, 2.45) is 0 Å². The number of hydrogen-bond donors (Lipinski definition) is 2. The number of amides is 1. The van der Waals surface area contributed by atoms with Crippen molar-refractivity contribution >= 4 is 23.4 Å². The van der Waals surface area contributed by atoms with Crippen molar-refractivity contribution in [2.75, 3.05) is 0 Å². The Bertz CT molecular complexity index is 503. The third-order valence-electron chi connectivity index (χ3n) is 2.80. The van der Waals surface area contributed by atoms with Gasteiger partial charge in [0.05, 0.1) is 5.92 Å². The number of aromatic carboxylic acids is 1. The summed E-state index contributed by atoms with van der Waals surface area (Å²) in [6.07, 6.45) is 0.591. The minimum Gasteiger partial charge on any atom is -0.477 e. The Morgan fingerprint density at radius 1 is 1.42 bits per heavy atom. The van der Waals surface area contributed by atoms with Gasteiger partial charge < -0.3 is 9.84 Å². The van der Waals surface area contributed by atoms with Crippen molar-refractivity contribution in [3.63, 3.8) is 0 Å². The van der Waals surface area contributed by atoms with Crippen LogP contribution in [-0.4, -0.2) is 28.8 Å². The molecule has 3 N–H and O–H groups in total. The molecule has 2 rings (SSSR count). The predicted molar refractivity (Wildman–Crippen MR) is 70.6 cm³/mol. The molecule has 2 atom stereocenters.